The highest BCUT2D eigenvalue weighted by Crippen LogP contribution is 2.22. The molecule has 0 N–H and O–H groups in total. The van der Waals surface area contributed by atoms with Crippen molar-refractivity contribution in [3.05, 3.63) is 12.2 Å². The third-order valence-electron chi connectivity index (χ3n) is 4.16. The van der Waals surface area contributed by atoms with Crippen LogP contribution < -0.4 is 0 Å². The summed E-state index contributed by atoms with van der Waals surface area (Å²) in [5.74, 6) is -0.973. The Balaban J connectivity index is 2.53. The highest BCUT2D eigenvalue weighted by atomic mass is 28.4. The molecule has 0 amide bonds. The third kappa shape index (κ3) is 8.83. The first-order valence-corrected chi connectivity index (χ1v) is 15.7. The van der Waals surface area contributed by atoms with Crippen LogP contribution in [0.5, 0.6) is 0 Å². The molecule has 1 saturated carbocycles. The van der Waals surface area contributed by atoms with Gasteiger partial charge in [0.2, 0.25) is 8.32 Å². The molecule has 0 bridgehead atoms. The second-order valence-electron chi connectivity index (χ2n) is 8.18. The van der Waals surface area contributed by atoms with Crippen LogP contribution in [-0.4, -0.2) is 40.4 Å². The minimum atomic E-state index is -2.15. The fraction of sp³-hybridized carbons (Fsp3) is 0.778. The van der Waals surface area contributed by atoms with Crippen molar-refractivity contribution in [2.45, 2.75) is 90.0 Å². The molecule has 1 unspecified atom stereocenters. The van der Waals surface area contributed by atoms with Crippen molar-refractivity contribution in [2.24, 2.45) is 0 Å². The molecule has 1 aliphatic rings. The lowest BCUT2D eigenvalue weighted by Gasteiger charge is -2.36. The molecule has 1 rings (SSSR count). The van der Waals surface area contributed by atoms with E-state index in [0.29, 0.717) is 6.42 Å². The van der Waals surface area contributed by atoms with Gasteiger partial charge in [-0.3, -0.25) is 0 Å². The van der Waals surface area contributed by atoms with E-state index in [4.69, 9.17) is 13.6 Å². The van der Waals surface area contributed by atoms with Crippen LogP contribution in [0.2, 0.25) is 32.7 Å². The van der Waals surface area contributed by atoms with E-state index in [9.17, 15) is 9.59 Å². The van der Waals surface area contributed by atoms with Gasteiger partial charge in [-0.1, -0.05) is 13.3 Å². The van der Waals surface area contributed by atoms with E-state index >= 15 is 0 Å². The lowest BCUT2D eigenvalue weighted by Crippen LogP contribution is -2.52. The smallest absolute Gasteiger partial charge is 0.331 e. The first-order chi connectivity index (χ1) is 11.5. The lowest BCUT2D eigenvalue weighted by molar-refractivity contribution is -0.145. The molecule has 0 aliphatic heterocycles. The Hall–Kier alpha value is -0.926. The summed E-state index contributed by atoms with van der Waals surface area (Å²) in [5.41, 5.74) is -0.231. The molecule has 7 heteroatoms. The van der Waals surface area contributed by atoms with E-state index < -0.39 is 28.6 Å². The molecule has 0 aromatic heterocycles. The van der Waals surface area contributed by atoms with E-state index in [1.807, 2.05) is 6.92 Å². The summed E-state index contributed by atoms with van der Waals surface area (Å²) in [4.78, 5) is 23.9. The molecule has 0 radical (unpaired) electrons. The number of hydrogen-bond donors (Lipinski definition) is 0. The van der Waals surface area contributed by atoms with Crippen LogP contribution in [0.4, 0.5) is 0 Å². The molecular weight excluding hydrogens is 352 g/mol. The van der Waals surface area contributed by atoms with Crippen molar-refractivity contribution in [1.29, 1.82) is 0 Å². The molecule has 5 nitrogen and oxygen atoms in total. The average Bonchev–Trinajstić information content (AvgIpc) is 2.49. The number of carbonyl (C=O) groups excluding carboxylic acids is 2. The molecule has 1 aliphatic carbocycles. The van der Waals surface area contributed by atoms with Crippen LogP contribution in [0.15, 0.2) is 12.2 Å². The van der Waals surface area contributed by atoms with Crippen LogP contribution in [0.25, 0.3) is 0 Å². The summed E-state index contributed by atoms with van der Waals surface area (Å²) in [6.07, 6.45) is 8.26. The quantitative estimate of drug-likeness (QED) is 0.353. The van der Waals surface area contributed by atoms with Crippen molar-refractivity contribution >= 4 is 28.6 Å². The summed E-state index contributed by atoms with van der Waals surface area (Å²) in [7, 11) is -3.86. The van der Waals surface area contributed by atoms with Gasteiger partial charge in [0.15, 0.2) is 8.32 Å². The van der Waals surface area contributed by atoms with Crippen LogP contribution in [0, 0.1) is 0 Å². The van der Waals surface area contributed by atoms with Gasteiger partial charge in [-0.15, -0.1) is 0 Å². The summed E-state index contributed by atoms with van der Waals surface area (Å²) >= 11 is 0. The molecule has 0 aromatic carbocycles. The van der Waals surface area contributed by atoms with Gasteiger partial charge < -0.3 is 13.6 Å². The fourth-order valence-electron chi connectivity index (χ4n) is 3.27. The van der Waals surface area contributed by atoms with Crippen LogP contribution in [0.3, 0.4) is 0 Å². The summed E-state index contributed by atoms with van der Waals surface area (Å²) in [6.45, 7) is 12.6. The molecule has 0 aromatic rings. The van der Waals surface area contributed by atoms with Crippen molar-refractivity contribution in [3.63, 3.8) is 0 Å². The van der Waals surface area contributed by atoms with Gasteiger partial charge in [0.25, 0.3) is 0 Å². The first-order valence-electron chi connectivity index (χ1n) is 9.33. The summed E-state index contributed by atoms with van der Waals surface area (Å²) in [5, 5.41) is 0. The van der Waals surface area contributed by atoms with E-state index in [0.717, 1.165) is 25.7 Å². The van der Waals surface area contributed by atoms with E-state index in [2.05, 4.69) is 32.7 Å². The number of rotatable bonds is 8. The van der Waals surface area contributed by atoms with Crippen molar-refractivity contribution < 1.29 is 23.2 Å². The Morgan fingerprint density at radius 1 is 1.00 bits per heavy atom. The number of hydrogen-bond acceptors (Lipinski definition) is 5. The number of esters is 2. The summed E-state index contributed by atoms with van der Waals surface area (Å²) < 4.78 is 17.2. The SMILES string of the molecule is CCC(OC(=O)/C=C/C(=O)OC1CCCCC1)[Si](C)(C)O[Si](C)(C)C. The maximum atomic E-state index is 12.1. The predicted molar refractivity (Wildman–Crippen MR) is 104 cm³/mol. The van der Waals surface area contributed by atoms with Crippen molar-refractivity contribution in [1.82, 2.24) is 0 Å². The van der Waals surface area contributed by atoms with Gasteiger partial charge in [0, 0.05) is 12.2 Å². The van der Waals surface area contributed by atoms with Gasteiger partial charge in [-0.25, -0.2) is 9.59 Å². The molecular formula is C18H34O5Si2. The van der Waals surface area contributed by atoms with E-state index in [1.165, 1.54) is 18.6 Å². The molecule has 25 heavy (non-hydrogen) atoms. The normalized spacial score (nSPS) is 18.2. The third-order valence-corrected chi connectivity index (χ3v) is 10.8. The van der Waals surface area contributed by atoms with Gasteiger partial charge in [0.05, 0.1) is 0 Å². The monoisotopic (exact) mass is 386 g/mol. The van der Waals surface area contributed by atoms with Crippen LogP contribution >= 0.6 is 0 Å². The largest absolute Gasteiger partial charge is 0.460 e. The zero-order valence-electron chi connectivity index (χ0n) is 16.6. The van der Waals surface area contributed by atoms with E-state index in [1.54, 1.807) is 0 Å². The number of carbonyl (C=O) groups is 2. The highest BCUT2D eigenvalue weighted by Gasteiger charge is 2.39. The first kappa shape index (κ1) is 22.1. The Kier molecular flexibility index (Phi) is 8.57. The van der Waals surface area contributed by atoms with Crippen molar-refractivity contribution in [3.8, 4) is 0 Å². The Labute approximate surface area is 154 Å². The maximum absolute atomic E-state index is 12.1. The topological polar surface area (TPSA) is 61.8 Å². The zero-order chi connectivity index (χ0) is 19.1. The molecule has 1 atom stereocenters. The van der Waals surface area contributed by atoms with Gasteiger partial charge in [-0.2, -0.15) is 0 Å². The van der Waals surface area contributed by atoms with Gasteiger partial charge >= 0.3 is 11.9 Å². The average molecular weight is 387 g/mol. The Morgan fingerprint density at radius 2 is 1.56 bits per heavy atom. The molecule has 144 valence electrons. The zero-order valence-corrected chi connectivity index (χ0v) is 18.6. The van der Waals surface area contributed by atoms with Crippen LogP contribution in [-0.2, 0) is 23.2 Å². The standard InChI is InChI=1S/C18H34O5Si2/c1-7-18(25(5,6)23-24(2,3)4)22-17(20)14-13-16(19)21-15-11-9-8-10-12-15/h13-15,18H,7-12H2,1-6H3/b14-13+. The highest BCUT2D eigenvalue weighted by molar-refractivity contribution is 6.84. The predicted octanol–water partition coefficient (Wildman–Crippen LogP) is 4.34. The molecule has 0 heterocycles. The lowest BCUT2D eigenvalue weighted by atomic mass is 9.98. The minimum absolute atomic E-state index is 0.0122. The van der Waals surface area contributed by atoms with Crippen molar-refractivity contribution in [2.75, 3.05) is 0 Å². The summed E-state index contributed by atoms with van der Waals surface area (Å²) in [6, 6.07) is 0. The molecule has 1 fully saturated rings. The minimum Gasteiger partial charge on any atom is -0.460 e. The van der Waals surface area contributed by atoms with Gasteiger partial charge in [0.1, 0.15) is 11.8 Å². The second-order valence-corrected chi connectivity index (χ2v) is 17.1. The molecule has 0 spiro atoms. The van der Waals surface area contributed by atoms with Gasteiger partial charge in [-0.05, 0) is 64.8 Å². The van der Waals surface area contributed by atoms with Crippen LogP contribution in [0.1, 0.15) is 45.4 Å². The fourth-order valence-corrected chi connectivity index (χ4v) is 11.5. The second kappa shape index (κ2) is 9.68. The number of ether oxygens (including phenoxy) is 2. The molecule has 0 saturated heterocycles. The Morgan fingerprint density at radius 3 is 2.08 bits per heavy atom. The Bertz CT molecular complexity index is 476. The maximum Gasteiger partial charge on any atom is 0.331 e. The van der Waals surface area contributed by atoms with E-state index in [-0.39, 0.29) is 11.8 Å².